The van der Waals surface area contributed by atoms with E-state index in [9.17, 15) is 14.9 Å². The van der Waals surface area contributed by atoms with Crippen LogP contribution in [0, 0.1) is 17.2 Å². The molecule has 0 spiro atoms. The van der Waals surface area contributed by atoms with Gasteiger partial charge in [-0.1, -0.05) is 38.5 Å². The highest BCUT2D eigenvalue weighted by atomic mass is 16.2. The largest absolute Gasteiger partial charge is 0.370 e. The molecule has 0 aromatic heterocycles. The number of nitriles is 1. The third-order valence-corrected chi connectivity index (χ3v) is 6.20. The van der Waals surface area contributed by atoms with Crippen molar-refractivity contribution in [3.8, 4) is 6.07 Å². The van der Waals surface area contributed by atoms with Crippen molar-refractivity contribution in [1.82, 2.24) is 10.2 Å². The summed E-state index contributed by atoms with van der Waals surface area (Å²) in [4.78, 5) is 25.5. The number of piperidine rings is 1. The van der Waals surface area contributed by atoms with Crippen molar-refractivity contribution in [2.24, 2.45) is 11.7 Å². The summed E-state index contributed by atoms with van der Waals surface area (Å²) in [6, 6.07) is 2.39. The van der Waals surface area contributed by atoms with Crippen molar-refractivity contribution >= 4 is 11.8 Å². The minimum atomic E-state index is -0.688. The van der Waals surface area contributed by atoms with Gasteiger partial charge in [-0.05, 0) is 44.6 Å². The second-order valence-corrected chi connectivity index (χ2v) is 8.40. The van der Waals surface area contributed by atoms with E-state index in [-0.39, 0.29) is 11.8 Å². The van der Waals surface area contributed by atoms with Crippen molar-refractivity contribution in [2.45, 2.75) is 89.0 Å². The lowest BCUT2D eigenvalue weighted by Gasteiger charge is -2.38. The van der Waals surface area contributed by atoms with Crippen LogP contribution in [0.5, 0.6) is 0 Å². The molecular weight excluding hydrogens is 340 g/mol. The summed E-state index contributed by atoms with van der Waals surface area (Å²) < 4.78 is 0. The van der Waals surface area contributed by atoms with E-state index in [0.717, 1.165) is 45.3 Å². The maximum absolute atomic E-state index is 12.4. The number of nitrogens with one attached hydrogen (secondary N) is 1. The number of primary amides is 1. The van der Waals surface area contributed by atoms with Crippen molar-refractivity contribution in [1.29, 1.82) is 5.26 Å². The van der Waals surface area contributed by atoms with Gasteiger partial charge in [0.15, 0.2) is 0 Å². The Hall–Kier alpha value is -1.61. The molecule has 27 heavy (non-hydrogen) atoms. The Morgan fingerprint density at radius 3 is 2.41 bits per heavy atom. The smallest absolute Gasteiger partial charge is 0.221 e. The molecule has 6 heteroatoms. The van der Waals surface area contributed by atoms with Crippen LogP contribution in [0.25, 0.3) is 0 Å². The van der Waals surface area contributed by atoms with Crippen LogP contribution in [-0.4, -0.2) is 41.9 Å². The molecule has 1 saturated heterocycles. The highest BCUT2D eigenvalue weighted by Crippen LogP contribution is 2.28. The fourth-order valence-electron chi connectivity index (χ4n) is 4.37. The number of carbonyl (C=O) groups is 2. The lowest BCUT2D eigenvalue weighted by Crippen LogP contribution is -2.54. The molecule has 0 aromatic carbocycles. The Bertz CT molecular complexity index is 515. The first-order chi connectivity index (χ1) is 13.0. The van der Waals surface area contributed by atoms with E-state index in [4.69, 9.17) is 5.73 Å². The van der Waals surface area contributed by atoms with Crippen LogP contribution in [0.3, 0.4) is 0 Å². The highest BCUT2D eigenvalue weighted by Gasteiger charge is 2.36. The van der Waals surface area contributed by atoms with E-state index in [2.05, 4.69) is 16.3 Å². The number of likely N-dealkylation sites (tertiary alicyclic amines) is 1. The van der Waals surface area contributed by atoms with Crippen LogP contribution >= 0.6 is 0 Å². The number of hydrogen-bond donors (Lipinski definition) is 2. The monoisotopic (exact) mass is 376 g/mol. The molecule has 3 N–H and O–H groups in total. The van der Waals surface area contributed by atoms with Crippen LogP contribution in [0.4, 0.5) is 0 Å². The first kappa shape index (κ1) is 21.7. The Kier molecular flexibility index (Phi) is 9.06. The highest BCUT2D eigenvalue weighted by molar-refractivity contribution is 5.77. The Morgan fingerprint density at radius 1 is 1.07 bits per heavy atom. The molecule has 1 heterocycles. The first-order valence-electron chi connectivity index (χ1n) is 10.8. The van der Waals surface area contributed by atoms with E-state index in [1.54, 1.807) is 0 Å². The molecule has 152 valence electrons. The summed E-state index contributed by atoms with van der Waals surface area (Å²) in [5.41, 5.74) is 4.46. The van der Waals surface area contributed by atoms with Crippen LogP contribution < -0.4 is 11.1 Å². The van der Waals surface area contributed by atoms with Gasteiger partial charge in [0, 0.05) is 25.9 Å². The number of nitrogens with two attached hydrogens (primary N) is 1. The lowest BCUT2D eigenvalue weighted by molar-refractivity contribution is -0.123. The fourth-order valence-corrected chi connectivity index (χ4v) is 4.37. The van der Waals surface area contributed by atoms with Gasteiger partial charge in [0.2, 0.25) is 11.8 Å². The molecule has 2 fully saturated rings. The Labute approximate surface area is 163 Å². The average molecular weight is 377 g/mol. The van der Waals surface area contributed by atoms with E-state index in [1.807, 2.05) is 0 Å². The van der Waals surface area contributed by atoms with Gasteiger partial charge < -0.3 is 16.0 Å². The van der Waals surface area contributed by atoms with Gasteiger partial charge >= 0.3 is 0 Å². The summed E-state index contributed by atoms with van der Waals surface area (Å²) in [5, 5.41) is 12.7. The second kappa shape index (κ2) is 11.3. The Morgan fingerprint density at radius 2 is 1.78 bits per heavy atom. The molecule has 0 unspecified atom stereocenters. The minimum absolute atomic E-state index is 0.0435. The number of rotatable bonds is 10. The second-order valence-electron chi connectivity index (χ2n) is 8.40. The van der Waals surface area contributed by atoms with E-state index < -0.39 is 5.54 Å². The molecule has 1 aliphatic carbocycles. The van der Waals surface area contributed by atoms with Gasteiger partial charge in [-0.15, -0.1) is 0 Å². The zero-order valence-electron chi connectivity index (χ0n) is 16.7. The number of carbonyl (C=O) groups excluding carboxylic acids is 2. The molecular formula is C21H36N4O2. The SMILES string of the molecule is N#CC1(NC(=O)CCC2CCCCC2)CCN(CCCCCC(N)=O)CC1. The molecule has 2 amide bonds. The van der Waals surface area contributed by atoms with Gasteiger partial charge in [-0.3, -0.25) is 9.59 Å². The zero-order valence-corrected chi connectivity index (χ0v) is 16.7. The zero-order chi connectivity index (χ0) is 19.5. The van der Waals surface area contributed by atoms with E-state index in [0.29, 0.717) is 31.6 Å². The summed E-state index contributed by atoms with van der Waals surface area (Å²) >= 11 is 0. The van der Waals surface area contributed by atoms with Crippen LogP contribution in [0.15, 0.2) is 0 Å². The van der Waals surface area contributed by atoms with Crippen LogP contribution in [0.1, 0.15) is 83.5 Å². The molecule has 1 saturated carbocycles. The normalized spacial score (nSPS) is 20.7. The van der Waals surface area contributed by atoms with Crippen molar-refractivity contribution in [3.63, 3.8) is 0 Å². The lowest BCUT2D eigenvalue weighted by atomic mass is 9.85. The number of nitrogens with zero attached hydrogens (tertiary/aromatic N) is 2. The molecule has 2 rings (SSSR count). The minimum Gasteiger partial charge on any atom is -0.370 e. The molecule has 0 atom stereocenters. The maximum Gasteiger partial charge on any atom is 0.221 e. The average Bonchev–Trinajstić information content (AvgIpc) is 2.68. The molecule has 2 aliphatic rings. The van der Waals surface area contributed by atoms with Crippen molar-refractivity contribution in [3.05, 3.63) is 0 Å². The summed E-state index contributed by atoms with van der Waals surface area (Å²) in [7, 11) is 0. The first-order valence-corrected chi connectivity index (χ1v) is 10.8. The third kappa shape index (κ3) is 7.88. The van der Waals surface area contributed by atoms with Gasteiger partial charge in [-0.2, -0.15) is 5.26 Å². The topological polar surface area (TPSA) is 99.2 Å². The molecule has 1 aliphatic heterocycles. The van der Waals surface area contributed by atoms with Gasteiger partial charge in [0.05, 0.1) is 6.07 Å². The molecule has 0 radical (unpaired) electrons. The standard InChI is InChI=1S/C21H36N4O2/c22-17-21(24-20(27)11-10-18-7-3-1-4-8-18)12-15-25(16-13-21)14-6-2-5-9-19(23)26/h18H,1-16H2,(H2,23,26)(H,24,27). The van der Waals surface area contributed by atoms with Crippen molar-refractivity contribution < 1.29 is 9.59 Å². The quantitative estimate of drug-likeness (QED) is 0.573. The Balaban J connectivity index is 1.64. The van der Waals surface area contributed by atoms with E-state index >= 15 is 0 Å². The van der Waals surface area contributed by atoms with Crippen LogP contribution in [-0.2, 0) is 9.59 Å². The van der Waals surface area contributed by atoms with Gasteiger partial charge in [0.1, 0.15) is 5.54 Å². The number of amides is 2. The number of unbranched alkanes of at least 4 members (excludes halogenated alkanes) is 2. The predicted octanol–water partition coefficient (Wildman–Crippen LogP) is 2.87. The summed E-state index contributed by atoms with van der Waals surface area (Å²) in [5.74, 6) is 0.506. The third-order valence-electron chi connectivity index (χ3n) is 6.20. The maximum atomic E-state index is 12.4. The van der Waals surface area contributed by atoms with Crippen molar-refractivity contribution in [2.75, 3.05) is 19.6 Å². The van der Waals surface area contributed by atoms with Gasteiger partial charge in [-0.25, -0.2) is 0 Å². The molecule has 0 bridgehead atoms. The predicted molar refractivity (Wildman–Crippen MR) is 106 cm³/mol. The molecule has 0 aromatic rings. The van der Waals surface area contributed by atoms with Crippen LogP contribution in [0.2, 0.25) is 0 Å². The fraction of sp³-hybridized carbons (Fsp3) is 0.857. The summed E-state index contributed by atoms with van der Waals surface area (Å²) in [6.45, 7) is 2.66. The summed E-state index contributed by atoms with van der Waals surface area (Å²) in [6.07, 6.45) is 12.7. The van der Waals surface area contributed by atoms with Gasteiger partial charge in [0.25, 0.3) is 0 Å². The molecule has 6 nitrogen and oxygen atoms in total. The van der Waals surface area contributed by atoms with E-state index in [1.165, 1.54) is 32.1 Å². The number of hydrogen-bond acceptors (Lipinski definition) is 4.